The molecular weight excluding hydrogens is 307 g/mol. The quantitative estimate of drug-likeness (QED) is 0.762. The Hall–Kier alpha value is -2.69. The summed E-state index contributed by atoms with van der Waals surface area (Å²) in [7, 11) is 0. The first-order valence-corrected chi connectivity index (χ1v) is 8.15. The van der Waals surface area contributed by atoms with Gasteiger partial charge in [-0.25, -0.2) is 14.2 Å². The van der Waals surface area contributed by atoms with Crippen molar-refractivity contribution in [2.45, 2.75) is 31.7 Å². The molecule has 1 aliphatic rings. The van der Waals surface area contributed by atoms with Gasteiger partial charge in [-0.05, 0) is 43.2 Å². The second kappa shape index (κ2) is 5.74. The molecule has 0 amide bonds. The Balaban J connectivity index is 1.96. The monoisotopic (exact) mass is 324 g/mol. The second-order valence-corrected chi connectivity index (χ2v) is 6.26. The van der Waals surface area contributed by atoms with Crippen molar-refractivity contribution in [3.05, 3.63) is 53.8 Å². The first-order valence-electron chi connectivity index (χ1n) is 8.15. The summed E-state index contributed by atoms with van der Waals surface area (Å²) < 4.78 is 15.8. The zero-order valence-electron chi connectivity index (χ0n) is 13.1. The van der Waals surface area contributed by atoms with Crippen molar-refractivity contribution < 1.29 is 14.3 Å². The van der Waals surface area contributed by atoms with Gasteiger partial charge in [-0.3, -0.25) is 0 Å². The summed E-state index contributed by atoms with van der Waals surface area (Å²) in [5, 5.41) is 9.20. The van der Waals surface area contributed by atoms with Crippen LogP contribution in [0.15, 0.2) is 42.5 Å². The van der Waals surface area contributed by atoms with E-state index in [1.54, 1.807) is 18.2 Å². The number of benzene rings is 2. The molecule has 122 valence electrons. The van der Waals surface area contributed by atoms with Crippen molar-refractivity contribution in [3.63, 3.8) is 0 Å². The SMILES string of the molecule is O=C(O)c1ccc2c(c1)nc(-c1cccc(F)c1)n2C1CCCC1. The standard InChI is InChI=1S/C19H17FN2O2/c20-14-5-3-4-12(10-14)18-21-16-11-13(19(23)24)8-9-17(16)22(18)15-6-1-2-7-15/h3-5,8-11,15H,1-2,6-7H2,(H,23,24). The van der Waals surface area contributed by atoms with Crippen LogP contribution in [0.5, 0.6) is 0 Å². The molecule has 1 aliphatic carbocycles. The summed E-state index contributed by atoms with van der Waals surface area (Å²) in [6.07, 6.45) is 4.46. The van der Waals surface area contributed by atoms with Crippen molar-refractivity contribution in [2.24, 2.45) is 0 Å². The topological polar surface area (TPSA) is 55.1 Å². The largest absolute Gasteiger partial charge is 0.478 e. The molecule has 0 atom stereocenters. The molecule has 1 N–H and O–H groups in total. The van der Waals surface area contributed by atoms with Crippen molar-refractivity contribution in [1.29, 1.82) is 0 Å². The molecule has 0 aliphatic heterocycles. The van der Waals surface area contributed by atoms with Gasteiger partial charge >= 0.3 is 5.97 Å². The summed E-state index contributed by atoms with van der Waals surface area (Å²) in [6, 6.07) is 11.7. The van der Waals surface area contributed by atoms with Crippen molar-refractivity contribution in [2.75, 3.05) is 0 Å². The van der Waals surface area contributed by atoms with Crippen LogP contribution in [0.4, 0.5) is 4.39 Å². The van der Waals surface area contributed by atoms with Gasteiger partial charge in [0.25, 0.3) is 0 Å². The molecule has 1 saturated carbocycles. The zero-order valence-corrected chi connectivity index (χ0v) is 13.1. The van der Waals surface area contributed by atoms with Gasteiger partial charge in [0.2, 0.25) is 0 Å². The van der Waals surface area contributed by atoms with E-state index in [1.807, 2.05) is 12.1 Å². The zero-order chi connectivity index (χ0) is 16.7. The summed E-state index contributed by atoms with van der Waals surface area (Å²) in [4.78, 5) is 15.9. The lowest BCUT2D eigenvalue weighted by Crippen LogP contribution is -2.06. The smallest absolute Gasteiger partial charge is 0.335 e. The van der Waals surface area contributed by atoms with Gasteiger partial charge in [-0.15, -0.1) is 0 Å². The Morgan fingerprint density at radius 1 is 1.17 bits per heavy atom. The third kappa shape index (κ3) is 2.46. The molecule has 0 spiro atoms. The highest BCUT2D eigenvalue weighted by atomic mass is 19.1. The number of imidazole rings is 1. The number of hydrogen-bond donors (Lipinski definition) is 1. The minimum Gasteiger partial charge on any atom is -0.478 e. The van der Waals surface area contributed by atoms with Crippen LogP contribution in [-0.2, 0) is 0 Å². The van der Waals surface area contributed by atoms with Crippen LogP contribution in [-0.4, -0.2) is 20.6 Å². The normalized spacial score (nSPS) is 15.2. The predicted octanol–water partition coefficient (Wildman–Crippen LogP) is 4.66. The van der Waals surface area contributed by atoms with Gasteiger partial charge in [-0.2, -0.15) is 0 Å². The number of carboxylic acid groups (broad SMARTS) is 1. The van der Waals surface area contributed by atoms with Gasteiger partial charge in [0, 0.05) is 11.6 Å². The minimum atomic E-state index is -0.973. The summed E-state index contributed by atoms with van der Waals surface area (Å²) >= 11 is 0. The van der Waals surface area contributed by atoms with Crippen molar-refractivity contribution in [3.8, 4) is 11.4 Å². The molecule has 0 saturated heterocycles. The molecule has 4 rings (SSSR count). The average Bonchev–Trinajstić information content (AvgIpc) is 3.21. The Morgan fingerprint density at radius 2 is 1.96 bits per heavy atom. The Bertz CT molecular complexity index is 926. The molecule has 24 heavy (non-hydrogen) atoms. The number of carboxylic acids is 1. The van der Waals surface area contributed by atoms with Crippen LogP contribution in [0.3, 0.4) is 0 Å². The average molecular weight is 324 g/mol. The third-order valence-corrected chi connectivity index (χ3v) is 4.71. The number of aromatic carboxylic acids is 1. The molecule has 1 fully saturated rings. The van der Waals surface area contributed by atoms with Gasteiger partial charge in [0.15, 0.2) is 0 Å². The summed E-state index contributed by atoms with van der Waals surface area (Å²) in [6.45, 7) is 0. The van der Waals surface area contributed by atoms with Gasteiger partial charge in [0.1, 0.15) is 11.6 Å². The highest BCUT2D eigenvalue weighted by Gasteiger charge is 2.24. The van der Waals surface area contributed by atoms with Crippen LogP contribution in [0.2, 0.25) is 0 Å². The van der Waals surface area contributed by atoms with Crippen LogP contribution in [0.25, 0.3) is 22.4 Å². The lowest BCUT2D eigenvalue weighted by atomic mass is 10.1. The molecular formula is C19H17FN2O2. The van der Waals surface area contributed by atoms with E-state index in [-0.39, 0.29) is 11.4 Å². The van der Waals surface area contributed by atoms with E-state index in [1.165, 1.54) is 25.0 Å². The van der Waals surface area contributed by atoms with Crippen LogP contribution >= 0.6 is 0 Å². The van der Waals surface area contributed by atoms with E-state index in [0.717, 1.165) is 23.9 Å². The number of rotatable bonds is 3. The van der Waals surface area contributed by atoms with E-state index < -0.39 is 5.97 Å². The maximum Gasteiger partial charge on any atom is 0.335 e. The maximum absolute atomic E-state index is 13.7. The molecule has 2 aromatic carbocycles. The Labute approximate surface area is 138 Å². The lowest BCUT2D eigenvalue weighted by Gasteiger charge is -2.16. The van der Waals surface area contributed by atoms with Crippen LogP contribution in [0.1, 0.15) is 42.1 Å². The molecule has 5 heteroatoms. The van der Waals surface area contributed by atoms with Crippen LogP contribution < -0.4 is 0 Å². The van der Waals surface area contributed by atoms with E-state index in [9.17, 15) is 14.3 Å². The highest BCUT2D eigenvalue weighted by molar-refractivity contribution is 5.93. The fourth-order valence-electron chi connectivity index (χ4n) is 3.60. The van der Waals surface area contributed by atoms with Crippen LogP contribution in [0, 0.1) is 5.82 Å². The summed E-state index contributed by atoms with van der Waals surface area (Å²) in [5.41, 5.74) is 2.48. The fourth-order valence-corrected chi connectivity index (χ4v) is 3.60. The Kier molecular flexibility index (Phi) is 3.56. The number of nitrogens with zero attached hydrogens (tertiary/aromatic N) is 2. The molecule has 4 nitrogen and oxygen atoms in total. The van der Waals surface area contributed by atoms with Gasteiger partial charge in [-0.1, -0.05) is 25.0 Å². The van der Waals surface area contributed by atoms with Crippen molar-refractivity contribution in [1.82, 2.24) is 9.55 Å². The number of halogens is 1. The molecule has 0 bridgehead atoms. The lowest BCUT2D eigenvalue weighted by molar-refractivity contribution is 0.0697. The third-order valence-electron chi connectivity index (χ3n) is 4.71. The van der Waals surface area contributed by atoms with E-state index >= 15 is 0 Å². The molecule has 3 aromatic rings. The van der Waals surface area contributed by atoms with E-state index in [4.69, 9.17) is 0 Å². The maximum atomic E-state index is 13.7. The second-order valence-electron chi connectivity index (χ2n) is 6.26. The first kappa shape index (κ1) is 14.9. The van der Waals surface area contributed by atoms with Gasteiger partial charge in [0.05, 0.1) is 16.6 Å². The number of hydrogen-bond acceptors (Lipinski definition) is 2. The number of carbonyl (C=O) groups is 1. The first-order chi connectivity index (χ1) is 11.6. The van der Waals surface area contributed by atoms with Crippen molar-refractivity contribution >= 4 is 17.0 Å². The molecule has 0 unspecified atom stereocenters. The predicted molar refractivity (Wildman–Crippen MR) is 89.6 cm³/mol. The summed E-state index contributed by atoms with van der Waals surface area (Å²) in [5.74, 6) is -0.567. The van der Waals surface area contributed by atoms with Gasteiger partial charge < -0.3 is 9.67 Å². The van der Waals surface area contributed by atoms with E-state index in [2.05, 4.69) is 9.55 Å². The highest BCUT2D eigenvalue weighted by Crippen LogP contribution is 2.37. The number of aromatic nitrogens is 2. The minimum absolute atomic E-state index is 0.212. The molecule has 1 heterocycles. The molecule has 1 aromatic heterocycles. The Morgan fingerprint density at radius 3 is 2.67 bits per heavy atom. The number of fused-ring (bicyclic) bond motifs is 1. The fraction of sp³-hybridized carbons (Fsp3) is 0.263. The van der Waals surface area contributed by atoms with E-state index in [0.29, 0.717) is 17.4 Å². The molecule has 0 radical (unpaired) electrons.